The molecule has 0 spiro atoms. The second kappa shape index (κ2) is 4.72. The van der Waals surface area contributed by atoms with Crippen LogP contribution in [0.5, 0.6) is 0 Å². The molecule has 0 aliphatic carbocycles. The van der Waals surface area contributed by atoms with Gasteiger partial charge in [0, 0.05) is 6.04 Å². The molecule has 3 heteroatoms. The third-order valence-electron chi connectivity index (χ3n) is 1.87. The van der Waals surface area contributed by atoms with E-state index in [9.17, 15) is 4.39 Å². The van der Waals surface area contributed by atoms with Gasteiger partial charge in [0.2, 0.25) is 0 Å². The fraction of sp³-hybridized carbons (Fsp3) is 0.400. The highest BCUT2D eigenvalue weighted by Crippen LogP contribution is 2.17. The lowest BCUT2D eigenvalue weighted by atomic mass is 10.1. The lowest BCUT2D eigenvalue weighted by Gasteiger charge is -2.05. The lowest BCUT2D eigenvalue weighted by molar-refractivity contribution is 0.614. The van der Waals surface area contributed by atoms with Gasteiger partial charge in [-0.3, -0.25) is 0 Å². The van der Waals surface area contributed by atoms with Crippen molar-refractivity contribution in [2.45, 2.75) is 25.8 Å². The summed E-state index contributed by atoms with van der Waals surface area (Å²) in [5.74, 6) is -0.206. The van der Waals surface area contributed by atoms with Gasteiger partial charge in [-0.1, -0.05) is 6.07 Å². The number of halogens is 2. The minimum absolute atomic E-state index is 0.173. The quantitative estimate of drug-likeness (QED) is 0.871. The molecular weight excluding hydrogens is 233 g/mol. The summed E-state index contributed by atoms with van der Waals surface area (Å²) in [7, 11) is 0. The van der Waals surface area contributed by atoms with Gasteiger partial charge in [-0.15, -0.1) is 0 Å². The van der Waals surface area contributed by atoms with Crippen LogP contribution in [0.2, 0.25) is 0 Å². The maximum absolute atomic E-state index is 13.0. The van der Waals surface area contributed by atoms with Gasteiger partial charge in [0.1, 0.15) is 5.82 Å². The minimum atomic E-state index is -0.206. The third-order valence-corrected chi connectivity index (χ3v) is 2.52. The molecule has 0 saturated carbocycles. The first-order valence-corrected chi connectivity index (χ1v) is 5.08. The molecule has 0 aliphatic rings. The Bertz CT molecular complexity index is 286. The van der Waals surface area contributed by atoms with Gasteiger partial charge >= 0.3 is 0 Å². The Balaban J connectivity index is 2.63. The van der Waals surface area contributed by atoms with Crippen molar-refractivity contribution in [3.8, 4) is 0 Å². The first-order valence-electron chi connectivity index (χ1n) is 4.29. The van der Waals surface area contributed by atoms with E-state index in [0.29, 0.717) is 4.47 Å². The average molecular weight is 246 g/mol. The predicted octanol–water partition coefficient (Wildman–Crippen LogP) is 2.87. The van der Waals surface area contributed by atoms with Crippen molar-refractivity contribution in [1.82, 2.24) is 0 Å². The number of hydrogen-bond donors (Lipinski definition) is 1. The number of nitrogens with two attached hydrogens (primary N) is 1. The van der Waals surface area contributed by atoms with Gasteiger partial charge in [-0.25, -0.2) is 4.39 Å². The average Bonchev–Trinajstić information content (AvgIpc) is 2.07. The van der Waals surface area contributed by atoms with Crippen LogP contribution >= 0.6 is 15.9 Å². The zero-order chi connectivity index (χ0) is 9.84. The minimum Gasteiger partial charge on any atom is -0.328 e. The monoisotopic (exact) mass is 245 g/mol. The van der Waals surface area contributed by atoms with E-state index in [4.69, 9.17) is 5.73 Å². The lowest BCUT2D eigenvalue weighted by Crippen LogP contribution is -2.15. The first-order chi connectivity index (χ1) is 6.09. The van der Waals surface area contributed by atoms with Crippen molar-refractivity contribution < 1.29 is 4.39 Å². The van der Waals surface area contributed by atoms with E-state index in [1.54, 1.807) is 12.1 Å². The molecule has 72 valence electrons. The summed E-state index contributed by atoms with van der Waals surface area (Å²) in [6.07, 6.45) is 1.73. The molecule has 1 unspecified atom stereocenters. The molecule has 0 amide bonds. The molecule has 0 radical (unpaired) electrons. The van der Waals surface area contributed by atoms with E-state index < -0.39 is 0 Å². The second-order valence-corrected chi connectivity index (χ2v) is 4.12. The molecule has 1 aromatic rings. The fourth-order valence-corrected chi connectivity index (χ4v) is 1.34. The zero-order valence-corrected chi connectivity index (χ0v) is 9.14. The Labute approximate surface area is 86.3 Å². The molecular formula is C10H13BrFN. The van der Waals surface area contributed by atoms with Crippen molar-refractivity contribution in [2.75, 3.05) is 0 Å². The molecule has 0 heterocycles. The molecule has 1 nitrogen and oxygen atoms in total. The molecule has 0 fully saturated rings. The molecule has 2 N–H and O–H groups in total. The highest BCUT2D eigenvalue weighted by molar-refractivity contribution is 9.10. The third kappa shape index (κ3) is 3.44. The summed E-state index contributed by atoms with van der Waals surface area (Å²) in [6.45, 7) is 1.95. The number of rotatable bonds is 3. The summed E-state index contributed by atoms with van der Waals surface area (Å²) in [5, 5.41) is 0. The highest BCUT2D eigenvalue weighted by atomic mass is 79.9. The normalized spacial score (nSPS) is 12.9. The van der Waals surface area contributed by atoms with E-state index in [-0.39, 0.29) is 11.9 Å². The van der Waals surface area contributed by atoms with Crippen LogP contribution in [0.4, 0.5) is 4.39 Å². The molecule has 1 atom stereocenters. The maximum atomic E-state index is 13.0. The van der Waals surface area contributed by atoms with Crippen molar-refractivity contribution in [2.24, 2.45) is 5.73 Å². The largest absolute Gasteiger partial charge is 0.328 e. The fourth-order valence-electron chi connectivity index (χ4n) is 1.09. The van der Waals surface area contributed by atoms with E-state index in [2.05, 4.69) is 15.9 Å². The molecule has 0 aliphatic heterocycles. The van der Waals surface area contributed by atoms with Gasteiger partial charge in [0.25, 0.3) is 0 Å². The van der Waals surface area contributed by atoms with Crippen molar-refractivity contribution in [3.05, 3.63) is 34.1 Å². The standard InChI is InChI=1S/C10H13BrFN/c1-7(13)2-3-8-4-5-9(11)10(12)6-8/h4-7H,2-3,13H2,1H3. The summed E-state index contributed by atoms with van der Waals surface area (Å²) >= 11 is 3.11. The van der Waals surface area contributed by atoms with Gasteiger partial charge in [0.15, 0.2) is 0 Å². The van der Waals surface area contributed by atoms with E-state index in [0.717, 1.165) is 18.4 Å². The molecule has 1 aromatic carbocycles. The topological polar surface area (TPSA) is 26.0 Å². The molecule has 1 rings (SSSR count). The van der Waals surface area contributed by atoms with Crippen LogP contribution in [0.15, 0.2) is 22.7 Å². The van der Waals surface area contributed by atoms with Crippen LogP contribution in [-0.2, 0) is 6.42 Å². The summed E-state index contributed by atoms with van der Waals surface area (Å²) in [4.78, 5) is 0. The number of aryl methyl sites for hydroxylation is 1. The Morgan fingerprint density at radius 2 is 2.23 bits per heavy atom. The SMILES string of the molecule is CC(N)CCc1ccc(Br)c(F)c1. The van der Waals surface area contributed by atoms with Crippen LogP contribution in [0.3, 0.4) is 0 Å². The van der Waals surface area contributed by atoms with Crippen molar-refractivity contribution in [3.63, 3.8) is 0 Å². The Morgan fingerprint density at radius 1 is 1.54 bits per heavy atom. The number of benzene rings is 1. The molecule has 0 saturated heterocycles. The first kappa shape index (κ1) is 10.7. The van der Waals surface area contributed by atoms with E-state index >= 15 is 0 Å². The van der Waals surface area contributed by atoms with Gasteiger partial charge in [0.05, 0.1) is 4.47 Å². The molecule has 0 aromatic heterocycles. The summed E-state index contributed by atoms with van der Waals surface area (Å²) in [6, 6.07) is 5.36. The summed E-state index contributed by atoms with van der Waals surface area (Å²) in [5.41, 5.74) is 6.60. The van der Waals surface area contributed by atoms with Crippen LogP contribution in [0, 0.1) is 5.82 Å². The van der Waals surface area contributed by atoms with Gasteiger partial charge in [-0.05, 0) is 53.4 Å². The Hall–Kier alpha value is -0.410. The maximum Gasteiger partial charge on any atom is 0.137 e. The summed E-state index contributed by atoms with van der Waals surface area (Å²) < 4.78 is 13.5. The van der Waals surface area contributed by atoms with Crippen molar-refractivity contribution in [1.29, 1.82) is 0 Å². The Morgan fingerprint density at radius 3 is 2.77 bits per heavy atom. The van der Waals surface area contributed by atoms with E-state index in [1.165, 1.54) is 0 Å². The van der Waals surface area contributed by atoms with Crippen molar-refractivity contribution >= 4 is 15.9 Å². The van der Waals surface area contributed by atoms with Crippen LogP contribution in [-0.4, -0.2) is 6.04 Å². The van der Waals surface area contributed by atoms with Crippen LogP contribution in [0.1, 0.15) is 18.9 Å². The zero-order valence-electron chi connectivity index (χ0n) is 7.56. The van der Waals surface area contributed by atoms with Gasteiger partial charge < -0.3 is 5.73 Å². The second-order valence-electron chi connectivity index (χ2n) is 3.26. The number of hydrogen-bond acceptors (Lipinski definition) is 1. The predicted molar refractivity (Wildman–Crippen MR) is 56.1 cm³/mol. The van der Waals surface area contributed by atoms with E-state index in [1.807, 2.05) is 13.0 Å². The molecule has 13 heavy (non-hydrogen) atoms. The van der Waals surface area contributed by atoms with Crippen LogP contribution < -0.4 is 5.73 Å². The molecule has 0 bridgehead atoms. The highest BCUT2D eigenvalue weighted by Gasteiger charge is 2.01. The smallest absolute Gasteiger partial charge is 0.137 e. The van der Waals surface area contributed by atoms with Crippen LogP contribution in [0.25, 0.3) is 0 Å². The Kier molecular flexibility index (Phi) is 3.88. The van der Waals surface area contributed by atoms with Gasteiger partial charge in [-0.2, -0.15) is 0 Å².